The first-order valence-electron chi connectivity index (χ1n) is 8.01. The van der Waals surface area contributed by atoms with E-state index in [-0.39, 0.29) is 12.6 Å². The van der Waals surface area contributed by atoms with Gasteiger partial charge in [0.05, 0.1) is 12.3 Å². The Hall–Kier alpha value is -2.31. The molecule has 24 heavy (non-hydrogen) atoms. The predicted molar refractivity (Wildman–Crippen MR) is 91.0 cm³/mol. The van der Waals surface area contributed by atoms with Crippen LogP contribution in [0.2, 0.25) is 0 Å². The van der Waals surface area contributed by atoms with E-state index in [2.05, 4.69) is 29.2 Å². The lowest BCUT2D eigenvalue weighted by molar-refractivity contribution is 0.169. The summed E-state index contributed by atoms with van der Waals surface area (Å²) in [5, 5.41) is 18.6. The van der Waals surface area contributed by atoms with Gasteiger partial charge in [-0.15, -0.1) is 0 Å². The highest BCUT2D eigenvalue weighted by Gasteiger charge is 2.12. The SMILES string of the molecule is CC(C)n1ncc2cc(CNCC(O)c3ccccc3F)cnc21. The van der Waals surface area contributed by atoms with Crippen molar-refractivity contribution in [2.75, 3.05) is 6.54 Å². The van der Waals surface area contributed by atoms with Crippen molar-refractivity contribution in [2.45, 2.75) is 32.5 Å². The van der Waals surface area contributed by atoms with Gasteiger partial charge in [-0.05, 0) is 31.5 Å². The molecule has 0 saturated carbocycles. The number of hydrogen-bond acceptors (Lipinski definition) is 4. The summed E-state index contributed by atoms with van der Waals surface area (Å²) in [4.78, 5) is 4.47. The maximum Gasteiger partial charge on any atom is 0.157 e. The number of aliphatic hydroxyl groups is 1. The second-order valence-corrected chi connectivity index (χ2v) is 6.11. The van der Waals surface area contributed by atoms with Crippen molar-refractivity contribution in [3.8, 4) is 0 Å². The van der Waals surface area contributed by atoms with Crippen LogP contribution in [-0.2, 0) is 6.54 Å². The van der Waals surface area contributed by atoms with E-state index in [4.69, 9.17) is 0 Å². The van der Waals surface area contributed by atoms with Crippen molar-refractivity contribution >= 4 is 11.0 Å². The predicted octanol–water partition coefficient (Wildman–Crippen LogP) is 2.97. The van der Waals surface area contributed by atoms with Gasteiger partial charge >= 0.3 is 0 Å². The molecule has 6 heteroatoms. The first-order valence-corrected chi connectivity index (χ1v) is 8.01. The maximum absolute atomic E-state index is 13.6. The summed E-state index contributed by atoms with van der Waals surface area (Å²) in [6.07, 6.45) is 2.72. The third-order valence-corrected chi connectivity index (χ3v) is 3.91. The largest absolute Gasteiger partial charge is 0.387 e. The number of nitrogens with zero attached hydrogens (tertiary/aromatic N) is 3. The van der Waals surface area contributed by atoms with E-state index in [9.17, 15) is 9.50 Å². The van der Waals surface area contributed by atoms with Crippen LogP contribution in [0.1, 0.15) is 37.1 Å². The van der Waals surface area contributed by atoms with Gasteiger partial charge in [-0.1, -0.05) is 18.2 Å². The Morgan fingerprint density at radius 3 is 2.79 bits per heavy atom. The van der Waals surface area contributed by atoms with Crippen molar-refractivity contribution in [2.24, 2.45) is 0 Å². The van der Waals surface area contributed by atoms with Crippen molar-refractivity contribution in [1.29, 1.82) is 0 Å². The number of benzene rings is 1. The van der Waals surface area contributed by atoms with Crippen LogP contribution in [0, 0.1) is 5.82 Å². The molecule has 0 aliphatic rings. The summed E-state index contributed by atoms with van der Waals surface area (Å²) in [6, 6.07) is 8.55. The average molecular weight is 328 g/mol. The van der Waals surface area contributed by atoms with Gasteiger partial charge in [0.25, 0.3) is 0 Å². The lowest BCUT2D eigenvalue weighted by Crippen LogP contribution is -2.21. The molecule has 126 valence electrons. The molecule has 2 aromatic heterocycles. The van der Waals surface area contributed by atoms with Crippen LogP contribution in [0.15, 0.2) is 42.7 Å². The zero-order valence-corrected chi connectivity index (χ0v) is 13.8. The Labute approximate surface area is 140 Å². The second-order valence-electron chi connectivity index (χ2n) is 6.11. The first kappa shape index (κ1) is 16.5. The van der Waals surface area contributed by atoms with E-state index < -0.39 is 11.9 Å². The van der Waals surface area contributed by atoms with Gasteiger partial charge in [-0.2, -0.15) is 5.10 Å². The summed E-state index contributed by atoms with van der Waals surface area (Å²) < 4.78 is 15.5. The fraction of sp³-hybridized carbons (Fsp3) is 0.333. The smallest absolute Gasteiger partial charge is 0.157 e. The van der Waals surface area contributed by atoms with Crippen molar-refractivity contribution in [1.82, 2.24) is 20.1 Å². The molecular formula is C18H21FN4O. The van der Waals surface area contributed by atoms with E-state index in [0.29, 0.717) is 12.1 Å². The summed E-state index contributed by atoms with van der Waals surface area (Å²) in [7, 11) is 0. The number of nitrogens with one attached hydrogen (secondary N) is 1. The normalized spacial score (nSPS) is 12.9. The summed E-state index contributed by atoms with van der Waals surface area (Å²) in [6.45, 7) is 4.94. The Bertz CT molecular complexity index is 831. The van der Waals surface area contributed by atoms with Crippen LogP contribution in [0.25, 0.3) is 11.0 Å². The number of rotatable bonds is 6. The zero-order valence-electron chi connectivity index (χ0n) is 13.8. The molecule has 1 atom stereocenters. The van der Waals surface area contributed by atoms with Crippen molar-refractivity contribution in [3.05, 3.63) is 59.7 Å². The molecule has 2 N–H and O–H groups in total. The Balaban J connectivity index is 1.63. The number of pyridine rings is 1. The highest BCUT2D eigenvalue weighted by atomic mass is 19.1. The number of aliphatic hydroxyl groups excluding tert-OH is 1. The van der Waals surface area contributed by atoms with E-state index in [0.717, 1.165) is 16.6 Å². The monoisotopic (exact) mass is 328 g/mol. The van der Waals surface area contributed by atoms with Gasteiger partial charge in [0.15, 0.2) is 5.65 Å². The maximum atomic E-state index is 13.6. The number of fused-ring (bicyclic) bond motifs is 1. The van der Waals surface area contributed by atoms with Crippen LogP contribution in [0.4, 0.5) is 4.39 Å². The van der Waals surface area contributed by atoms with E-state index >= 15 is 0 Å². The van der Waals surface area contributed by atoms with Crippen LogP contribution in [0.3, 0.4) is 0 Å². The zero-order chi connectivity index (χ0) is 17.1. The summed E-state index contributed by atoms with van der Waals surface area (Å²) in [5.41, 5.74) is 2.16. The van der Waals surface area contributed by atoms with Gasteiger partial charge in [0.2, 0.25) is 0 Å². The Kier molecular flexibility index (Phi) is 4.87. The van der Waals surface area contributed by atoms with Gasteiger partial charge in [-0.25, -0.2) is 14.1 Å². The summed E-state index contributed by atoms with van der Waals surface area (Å²) in [5.74, 6) is -0.393. The van der Waals surface area contributed by atoms with Gasteiger partial charge in [-0.3, -0.25) is 0 Å². The number of aromatic nitrogens is 3. The Morgan fingerprint density at radius 2 is 2.04 bits per heavy atom. The van der Waals surface area contributed by atoms with Crippen molar-refractivity contribution in [3.63, 3.8) is 0 Å². The molecule has 0 amide bonds. The highest BCUT2D eigenvalue weighted by Crippen LogP contribution is 2.18. The first-order chi connectivity index (χ1) is 11.6. The van der Waals surface area contributed by atoms with Crippen LogP contribution in [-0.4, -0.2) is 26.4 Å². The highest BCUT2D eigenvalue weighted by molar-refractivity contribution is 5.75. The molecule has 3 rings (SSSR count). The fourth-order valence-electron chi connectivity index (χ4n) is 2.67. The lowest BCUT2D eigenvalue weighted by Gasteiger charge is -2.13. The minimum Gasteiger partial charge on any atom is -0.387 e. The third-order valence-electron chi connectivity index (χ3n) is 3.91. The van der Waals surface area contributed by atoms with E-state index in [1.165, 1.54) is 6.07 Å². The second kappa shape index (κ2) is 7.07. The van der Waals surface area contributed by atoms with Gasteiger partial charge in [0, 0.05) is 36.3 Å². The quantitative estimate of drug-likeness (QED) is 0.730. The molecule has 2 heterocycles. The fourth-order valence-corrected chi connectivity index (χ4v) is 2.67. The van der Waals surface area contributed by atoms with E-state index in [1.54, 1.807) is 30.6 Å². The number of hydrogen-bond donors (Lipinski definition) is 2. The van der Waals surface area contributed by atoms with Crippen LogP contribution in [0.5, 0.6) is 0 Å². The molecule has 0 bridgehead atoms. The molecule has 0 fully saturated rings. The van der Waals surface area contributed by atoms with Gasteiger partial charge < -0.3 is 10.4 Å². The van der Waals surface area contributed by atoms with Crippen LogP contribution < -0.4 is 5.32 Å². The molecule has 0 aliphatic heterocycles. The molecule has 1 unspecified atom stereocenters. The standard InChI is InChI=1S/C18H21FN4O/c1-12(2)23-18-14(10-22-23)7-13(9-21-18)8-20-11-17(24)15-5-3-4-6-16(15)19/h3-7,9-10,12,17,20,24H,8,11H2,1-2H3. The Morgan fingerprint density at radius 1 is 1.25 bits per heavy atom. The molecule has 0 saturated heterocycles. The van der Waals surface area contributed by atoms with Crippen LogP contribution >= 0.6 is 0 Å². The average Bonchev–Trinajstić information content (AvgIpc) is 2.98. The molecule has 3 aromatic rings. The van der Waals surface area contributed by atoms with E-state index in [1.807, 2.05) is 10.7 Å². The molecule has 0 aliphatic carbocycles. The minimum atomic E-state index is -0.883. The lowest BCUT2D eigenvalue weighted by atomic mass is 10.1. The van der Waals surface area contributed by atoms with Gasteiger partial charge in [0.1, 0.15) is 5.82 Å². The molecular weight excluding hydrogens is 307 g/mol. The summed E-state index contributed by atoms with van der Waals surface area (Å²) >= 11 is 0. The third kappa shape index (κ3) is 3.44. The minimum absolute atomic E-state index is 0.259. The molecule has 5 nitrogen and oxygen atoms in total. The molecule has 0 radical (unpaired) electrons. The molecule has 1 aromatic carbocycles. The molecule has 0 spiro atoms. The topological polar surface area (TPSA) is 63.0 Å². The van der Waals surface area contributed by atoms with Crippen molar-refractivity contribution < 1.29 is 9.50 Å². The number of halogens is 1.